The Morgan fingerprint density at radius 2 is 1.80 bits per heavy atom. The minimum atomic E-state index is -1.16. The van der Waals surface area contributed by atoms with Crippen LogP contribution in [0.15, 0.2) is 0 Å². The quantitative estimate of drug-likeness (QED) is 0.599. The van der Waals surface area contributed by atoms with Gasteiger partial charge < -0.3 is 14.9 Å². The molecule has 0 saturated heterocycles. The first-order chi connectivity index (χ1) is 4.42. The van der Waals surface area contributed by atoms with Crippen LogP contribution in [-0.4, -0.2) is 35.1 Å². The highest BCUT2D eigenvalue weighted by Crippen LogP contribution is 2.16. The fourth-order valence-electron chi connectivity index (χ4n) is 0.578. The van der Waals surface area contributed by atoms with Crippen molar-refractivity contribution in [3.05, 3.63) is 0 Å². The minimum absolute atomic E-state index is 0.354. The van der Waals surface area contributed by atoms with Gasteiger partial charge in [-0.1, -0.05) is 0 Å². The Morgan fingerprint density at radius 1 is 1.40 bits per heavy atom. The summed E-state index contributed by atoms with van der Waals surface area (Å²) in [5.74, 6) is 0. The lowest BCUT2D eigenvalue weighted by molar-refractivity contribution is -0.133. The van der Waals surface area contributed by atoms with Gasteiger partial charge in [0.25, 0.3) is 0 Å². The van der Waals surface area contributed by atoms with E-state index >= 15 is 0 Å². The van der Waals surface area contributed by atoms with Gasteiger partial charge in [-0.2, -0.15) is 0 Å². The molecule has 0 radical (unpaired) electrons. The fourth-order valence-corrected chi connectivity index (χ4v) is 0.578. The van der Waals surface area contributed by atoms with Gasteiger partial charge in [-0.15, -0.1) is 0 Å². The van der Waals surface area contributed by atoms with E-state index in [1.807, 2.05) is 0 Å². The third-order valence-corrected chi connectivity index (χ3v) is 2.02. The van der Waals surface area contributed by atoms with Gasteiger partial charge in [0.2, 0.25) is 0 Å². The van der Waals surface area contributed by atoms with Crippen LogP contribution in [0.25, 0.3) is 0 Å². The van der Waals surface area contributed by atoms with Crippen molar-refractivity contribution in [2.45, 2.75) is 38.6 Å². The number of ether oxygens (including phenoxy) is 1. The minimum Gasteiger partial charge on any atom is -0.390 e. The Balaban J connectivity index is 4.09. The molecule has 0 heterocycles. The molecular formula is C7H16O3. The van der Waals surface area contributed by atoms with Crippen LogP contribution >= 0.6 is 0 Å². The molecule has 1 unspecified atom stereocenters. The van der Waals surface area contributed by atoms with E-state index < -0.39 is 11.7 Å². The molecule has 0 aromatic heterocycles. The Kier molecular flexibility index (Phi) is 3.28. The van der Waals surface area contributed by atoms with E-state index in [9.17, 15) is 5.11 Å². The fraction of sp³-hybridized carbons (Fsp3) is 1.00. The molecule has 2 N–H and O–H groups in total. The highest BCUT2D eigenvalue weighted by Gasteiger charge is 2.33. The van der Waals surface area contributed by atoms with Crippen LogP contribution in [-0.2, 0) is 4.74 Å². The van der Waals surface area contributed by atoms with Crippen LogP contribution in [0.3, 0.4) is 0 Å². The highest BCUT2D eigenvalue weighted by atomic mass is 16.5. The Labute approximate surface area is 61.6 Å². The van der Waals surface area contributed by atoms with Crippen molar-refractivity contribution in [1.29, 1.82) is 0 Å². The number of rotatable bonds is 3. The van der Waals surface area contributed by atoms with Crippen molar-refractivity contribution < 1.29 is 14.9 Å². The largest absolute Gasteiger partial charge is 0.390 e. The van der Waals surface area contributed by atoms with Gasteiger partial charge >= 0.3 is 0 Å². The molecule has 0 amide bonds. The summed E-state index contributed by atoms with van der Waals surface area (Å²) in [7, 11) is 1.50. The summed E-state index contributed by atoms with van der Waals surface area (Å²) in [5.41, 5.74) is -1.16. The third kappa shape index (κ3) is 1.94. The zero-order valence-corrected chi connectivity index (χ0v) is 6.96. The molecule has 0 aliphatic carbocycles. The molecule has 0 fully saturated rings. The lowest BCUT2D eigenvalue weighted by atomic mass is 9.95. The normalized spacial score (nSPS) is 23.4. The molecule has 0 bridgehead atoms. The molecule has 0 aliphatic rings. The first kappa shape index (κ1) is 9.88. The molecular weight excluding hydrogens is 132 g/mol. The standard InChI is InChI=1S/C7H16O3/c1-5(8)7(3,9)6(2)10-4/h5-6,8-9H,1-4H3/t5?,6-,7+/m1/s1. The van der Waals surface area contributed by atoms with Crippen molar-refractivity contribution in [2.24, 2.45) is 0 Å². The molecule has 0 spiro atoms. The SMILES string of the molecule is CO[C@H](C)[C@@](C)(O)C(C)O. The van der Waals surface area contributed by atoms with Gasteiger partial charge in [0.1, 0.15) is 5.60 Å². The van der Waals surface area contributed by atoms with Crippen LogP contribution in [0.4, 0.5) is 0 Å². The van der Waals surface area contributed by atoms with Crippen LogP contribution in [0.2, 0.25) is 0 Å². The summed E-state index contributed by atoms with van der Waals surface area (Å²) in [6.07, 6.45) is -1.13. The lowest BCUT2D eigenvalue weighted by Crippen LogP contribution is -2.47. The second kappa shape index (κ2) is 3.32. The lowest BCUT2D eigenvalue weighted by Gasteiger charge is -2.31. The Hall–Kier alpha value is -0.120. The molecule has 0 aromatic rings. The van der Waals surface area contributed by atoms with Gasteiger partial charge in [0.05, 0.1) is 12.2 Å². The van der Waals surface area contributed by atoms with Crippen molar-refractivity contribution >= 4 is 0 Å². The number of hydrogen-bond acceptors (Lipinski definition) is 3. The molecule has 62 valence electrons. The maximum absolute atomic E-state index is 9.49. The molecule has 0 aromatic carbocycles. The molecule has 3 heteroatoms. The van der Waals surface area contributed by atoms with Crippen molar-refractivity contribution in [3.8, 4) is 0 Å². The van der Waals surface area contributed by atoms with E-state index in [0.717, 1.165) is 0 Å². The second-order valence-corrected chi connectivity index (χ2v) is 2.78. The predicted molar refractivity (Wildman–Crippen MR) is 38.8 cm³/mol. The molecule has 0 aliphatic heterocycles. The highest BCUT2D eigenvalue weighted by molar-refractivity contribution is 4.84. The number of methoxy groups -OCH3 is 1. The first-order valence-corrected chi connectivity index (χ1v) is 3.36. The first-order valence-electron chi connectivity index (χ1n) is 3.36. The van der Waals surface area contributed by atoms with Gasteiger partial charge in [-0.25, -0.2) is 0 Å². The van der Waals surface area contributed by atoms with E-state index in [4.69, 9.17) is 9.84 Å². The van der Waals surface area contributed by atoms with Crippen LogP contribution < -0.4 is 0 Å². The third-order valence-electron chi connectivity index (χ3n) is 2.02. The molecule has 0 saturated carbocycles. The average molecular weight is 148 g/mol. The van der Waals surface area contributed by atoms with Gasteiger partial charge in [0, 0.05) is 7.11 Å². The van der Waals surface area contributed by atoms with Crippen molar-refractivity contribution in [2.75, 3.05) is 7.11 Å². The van der Waals surface area contributed by atoms with Crippen molar-refractivity contribution in [1.82, 2.24) is 0 Å². The van der Waals surface area contributed by atoms with Crippen LogP contribution in [0, 0.1) is 0 Å². The van der Waals surface area contributed by atoms with Gasteiger partial charge in [0.15, 0.2) is 0 Å². The summed E-state index contributed by atoms with van der Waals surface area (Å²) in [6, 6.07) is 0. The summed E-state index contributed by atoms with van der Waals surface area (Å²) < 4.78 is 4.87. The second-order valence-electron chi connectivity index (χ2n) is 2.78. The van der Waals surface area contributed by atoms with Crippen LogP contribution in [0.5, 0.6) is 0 Å². The summed E-state index contributed by atoms with van der Waals surface area (Å²) in [6.45, 7) is 4.80. The molecule has 3 nitrogen and oxygen atoms in total. The van der Waals surface area contributed by atoms with E-state index in [1.54, 1.807) is 13.8 Å². The zero-order chi connectivity index (χ0) is 8.36. The monoisotopic (exact) mass is 148 g/mol. The average Bonchev–Trinajstić information content (AvgIpc) is 1.86. The Bertz CT molecular complexity index is 99.0. The predicted octanol–water partition coefficient (Wildman–Crippen LogP) is 0.153. The van der Waals surface area contributed by atoms with Crippen molar-refractivity contribution in [3.63, 3.8) is 0 Å². The topological polar surface area (TPSA) is 49.7 Å². The molecule has 0 rings (SSSR count). The number of hydrogen-bond donors (Lipinski definition) is 2. The summed E-state index contributed by atoms with van der Waals surface area (Å²) in [4.78, 5) is 0. The smallest absolute Gasteiger partial charge is 0.113 e. The number of aliphatic hydroxyl groups is 2. The number of aliphatic hydroxyl groups excluding tert-OH is 1. The van der Waals surface area contributed by atoms with Crippen LogP contribution in [0.1, 0.15) is 20.8 Å². The van der Waals surface area contributed by atoms with E-state index in [2.05, 4.69) is 0 Å². The van der Waals surface area contributed by atoms with Gasteiger partial charge in [-0.05, 0) is 20.8 Å². The maximum atomic E-state index is 9.49. The van der Waals surface area contributed by atoms with E-state index in [0.29, 0.717) is 0 Å². The summed E-state index contributed by atoms with van der Waals surface area (Å²) >= 11 is 0. The van der Waals surface area contributed by atoms with E-state index in [1.165, 1.54) is 14.0 Å². The summed E-state index contributed by atoms with van der Waals surface area (Å²) in [5, 5.41) is 18.5. The Morgan fingerprint density at radius 3 is 1.90 bits per heavy atom. The maximum Gasteiger partial charge on any atom is 0.113 e. The van der Waals surface area contributed by atoms with Gasteiger partial charge in [-0.3, -0.25) is 0 Å². The molecule has 10 heavy (non-hydrogen) atoms. The van der Waals surface area contributed by atoms with E-state index in [-0.39, 0.29) is 6.10 Å². The zero-order valence-electron chi connectivity index (χ0n) is 6.96. The molecule has 3 atom stereocenters.